The topological polar surface area (TPSA) is 49.4 Å². The molecule has 4 nitrogen and oxygen atoms in total. The quantitative estimate of drug-likeness (QED) is 0.411. The molecule has 0 heterocycles. The molecule has 8 heteroatoms. The standard InChI is InChI=1S/C25H29Cl2FN2O2S/c1-2-23(25(32)29-19-6-3-4-7-19)30(14-20-21(26)8-5-9-22(20)27)24(31)16-33-15-17-10-12-18(28)13-11-17/h5,8-13,19,23H,2-4,6-7,14-16H2,1H3,(H,29,32)/t23-/m1/s1. The fourth-order valence-corrected chi connectivity index (χ4v) is 5.45. The van der Waals surface area contributed by atoms with Gasteiger partial charge in [-0.2, -0.15) is 0 Å². The minimum Gasteiger partial charge on any atom is -0.352 e. The molecule has 3 rings (SSSR count). The van der Waals surface area contributed by atoms with E-state index in [4.69, 9.17) is 23.2 Å². The van der Waals surface area contributed by atoms with Crippen LogP contribution in [0.3, 0.4) is 0 Å². The minimum absolute atomic E-state index is 0.135. The van der Waals surface area contributed by atoms with Crippen molar-refractivity contribution in [2.24, 2.45) is 0 Å². The first-order valence-corrected chi connectivity index (χ1v) is 13.1. The molecule has 1 fully saturated rings. The maximum Gasteiger partial charge on any atom is 0.243 e. The summed E-state index contributed by atoms with van der Waals surface area (Å²) in [6.45, 7) is 2.06. The molecule has 1 aliphatic rings. The van der Waals surface area contributed by atoms with Crippen molar-refractivity contribution in [3.05, 3.63) is 69.5 Å². The smallest absolute Gasteiger partial charge is 0.243 e. The predicted molar refractivity (Wildman–Crippen MR) is 134 cm³/mol. The molecule has 2 amide bonds. The Kier molecular flexibility index (Phi) is 9.90. The lowest BCUT2D eigenvalue weighted by molar-refractivity contribution is -0.139. The Balaban J connectivity index is 1.74. The maximum absolute atomic E-state index is 13.3. The van der Waals surface area contributed by atoms with Crippen molar-refractivity contribution < 1.29 is 14.0 Å². The van der Waals surface area contributed by atoms with Crippen molar-refractivity contribution in [3.63, 3.8) is 0 Å². The highest BCUT2D eigenvalue weighted by Crippen LogP contribution is 2.28. The molecule has 0 bridgehead atoms. The predicted octanol–water partition coefficient (Wildman–Crippen LogP) is 6.23. The first kappa shape index (κ1) is 25.9. The molecule has 0 radical (unpaired) electrons. The maximum atomic E-state index is 13.3. The van der Waals surface area contributed by atoms with Gasteiger partial charge < -0.3 is 10.2 Å². The molecule has 1 saturated carbocycles. The van der Waals surface area contributed by atoms with Crippen LogP contribution in [0.15, 0.2) is 42.5 Å². The Labute approximate surface area is 209 Å². The van der Waals surface area contributed by atoms with Crippen LogP contribution in [0.2, 0.25) is 10.0 Å². The highest BCUT2D eigenvalue weighted by molar-refractivity contribution is 7.99. The zero-order valence-electron chi connectivity index (χ0n) is 18.7. The van der Waals surface area contributed by atoms with Gasteiger partial charge >= 0.3 is 0 Å². The number of hydrogen-bond acceptors (Lipinski definition) is 3. The van der Waals surface area contributed by atoms with Crippen molar-refractivity contribution in [1.82, 2.24) is 10.2 Å². The molecule has 1 N–H and O–H groups in total. The summed E-state index contributed by atoms with van der Waals surface area (Å²) in [6, 6.07) is 11.0. The van der Waals surface area contributed by atoms with Gasteiger partial charge in [0.2, 0.25) is 11.8 Å². The van der Waals surface area contributed by atoms with Gasteiger partial charge in [-0.15, -0.1) is 11.8 Å². The van der Waals surface area contributed by atoms with E-state index in [-0.39, 0.29) is 36.0 Å². The molecule has 2 aromatic rings. The molecule has 0 unspecified atom stereocenters. The van der Waals surface area contributed by atoms with Crippen molar-refractivity contribution in [2.75, 3.05) is 5.75 Å². The molecule has 0 spiro atoms. The Bertz CT molecular complexity index is 932. The van der Waals surface area contributed by atoms with E-state index in [1.165, 1.54) is 23.9 Å². The number of benzene rings is 2. The fourth-order valence-electron chi connectivity index (χ4n) is 4.06. The van der Waals surface area contributed by atoms with Crippen LogP contribution in [0.4, 0.5) is 4.39 Å². The number of thioether (sulfide) groups is 1. The molecular weight excluding hydrogens is 482 g/mol. The Morgan fingerprint density at radius 3 is 2.36 bits per heavy atom. The summed E-state index contributed by atoms with van der Waals surface area (Å²) in [6.07, 6.45) is 4.65. The fraction of sp³-hybridized carbons (Fsp3) is 0.440. The summed E-state index contributed by atoms with van der Waals surface area (Å²) in [5.41, 5.74) is 1.56. The van der Waals surface area contributed by atoms with Crippen LogP contribution >= 0.6 is 35.0 Å². The van der Waals surface area contributed by atoms with E-state index in [9.17, 15) is 14.0 Å². The lowest BCUT2D eigenvalue weighted by Gasteiger charge is -2.32. The molecule has 1 aliphatic carbocycles. The molecular formula is C25H29Cl2FN2O2S. The third kappa shape index (κ3) is 7.36. The van der Waals surface area contributed by atoms with E-state index in [1.54, 1.807) is 35.2 Å². The van der Waals surface area contributed by atoms with E-state index in [2.05, 4.69) is 5.32 Å². The normalized spacial score (nSPS) is 14.8. The second kappa shape index (κ2) is 12.6. The highest BCUT2D eigenvalue weighted by atomic mass is 35.5. The van der Waals surface area contributed by atoms with Gasteiger partial charge in [-0.05, 0) is 49.1 Å². The minimum atomic E-state index is -0.614. The van der Waals surface area contributed by atoms with E-state index in [0.29, 0.717) is 27.8 Å². The van der Waals surface area contributed by atoms with Gasteiger partial charge in [0.05, 0.1) is 5.75 Å². The average Bonchev–Trinajstić information content (AvgIpc) is 3.30. The molecule has 0 aromatic heterocycles. The van der Waals surface area contributed by atoms with Crippen LogP contribution in [0.25, 0.3) is 0 Å². The number of rotatable bonds is 10. The summed E-state index contributed by atoms with van der Waals surface area (Å²) in [5, 5.41) is 4.05. The first-order valence-electron chi connectivity index (χ1n) is 11.2. The van der Waals surface area contributed by atoms with Gasteiger partial charge in [0.1, 0.15) is 11.9 Å². The van der Waals surface area contributed by atoms with Gasteiger partial charge in [0.15, 0.2) is 0 Å². The van der Waals surface area contributed by atoms with Crippen LogP contribution in [-0.2, 0) is 21.9 Å². The van der Waals surface area contributed by atoms with Crippen LogP contribution in [-0.4, -0.2) is 34.6 Å². The number of hydrogen-bond donors (Lipinski definition) is 1. The van der Waals surface area contributed by atoms with E-state index in [1.807, 2.05) is 6.92 Å². The van der Waals surface area contributed by atoms with Crippen molar-refractivity contribution >= 4 is 46.8 Å². The number of nitrogens with zero attached hydrogens (tertiary/aromatic N) is 1. The van der Waals surface area contributed by atoms with Crippen LogP contribution in [0.1, 0.15) is 50.2 Å². The van der Waals surface area contributed by atoms with Gasteiger partial charge in [0, 0.05) is 33.9 Å². The lowest BCUT2D eigenvalue weighted by atomic mass is 10.1. The van der Waals surface area contributed by atoms with E-state index >= 15 is 0 Å². The highest BCUT2D eigenvalue weighted by Gasteiger charge is 2.31. The van der Waals surface area contributed by atoms with Gasteiger partial charge in [0.25, 0.3) is 0 Å². The third-order valence-corrected chi connectivity index (χ3v) is 7.58. The zero-order chi connectivity index (χ0) is 23.8. The van der Waals surface area contributed by atoms with Gasteiger partial charge in [-0.25, -0.2) is 4.39 Å². The van der Waals surface area contributed by atoms with E-state index in [0.717, 1.165) is 31.2 Å². The first-order chi connectivity index (χ1) is 15.9. The molecule has 2 aromatic carbocycles. The number of amides is 2. The number of halogens is 3. The number of nitrogens with one attached hydrogen (secondary N) is 1. The van der Waals surface area contributed by atoms with Crippen LogP contribution in [0.5, 0.6) is 0 Å². The van der Waals surface area contributed by atoms with Crippen LogP contribution < -0.4 is 5.32 Å². The second-order valence-electron chi connectivity index (χ2n) is 8.26. The SMILES string of the molecule is CC[C@H](C(=O)NC1CCCC1)N(Cc1c(Cl)cccc1Cl)C(=O)CSCc1ccc(F)cc1. The summed E-state index contributed by atoms with van der Waals surface area (Å²) >= 11 is 14.2. The number of carbonyl (C=O) groups is 2. The molecule has 0 saturated heterocycles. The lowest BCUT2D eigenvalue weighted by Crippen LogP contribution is -2.51. The largest absolute Gasteiger partial charge is 0.352 e. The summed E-state index contributed by atoms with van der Waals surface area (Å²) in [5.74, 6) is 0.169. The second-order valence-corrected chi connectivity index (χ2v) is 10.1. The van der Waals surface area contributed by atoms with Gasteiger partial charge in [-0.1, -0.05) is 61.2 Å². The van der Waals surface area contributed by atoms with E-state index < -0.39 is 6.04 Å². The summed E-state index contributed by atoms with van der Waals surface area (Å²) in [7, 11) is 0. The monoisotopic (exact) mass is 510 g/mol. The molecule has 33 heavy (non-hydrogen) atoms. The summed E-state index contributed by atoms with van der Waals surface area (Å²) in [4.78, 5) is 28.1. The van der Waals surface area contributed by atoms with Gasteiger partial charge in [-0.3, -0.25) is 9.59 Å². The zero-order valence-corrected chi connectivity index (χ0v) is 21.0. The van der Waals surface area contributed by atoms with Crippen molar-refractivity contribution in [3.8, 4) is 0 Å². The van der Waals surface area contributed by atoms with Crippen molar-refractivity contribution in [1.29, 1.82) is 0 Å². The summed E-state index contributed by atoms with van der Waals surface area (Å²) < 4.78 is 13.1. The Morgan fingerprint density at radius 2 is 1.76 bits per heavy atom. The van der Waals surface area contributed by atoms with Crippen molar-refractivity contribution in [2.45, 2.75) is 63.4 Å². The average molecular weight is 511 g/mol. The van der Waals surface area contributed by atoms with Crippen LogP contribution in [0, 0.1) is 5.82 Å². The Hall–Kier alpha value is -1.76. The molecule has 1 atom stereocenters. The Morgan fingerprint density at radius 1 is 1.12 bits per heavy atom. The molecule has 0 aliphatic heterocycles. The third-order valence-electron chi connectivity index (χ3n) is 5.89. The number of carbonyl (C=O) groups excluding carboxylic acids is 2. The molecule has 178 valence electrons.